The summed E-state index contributed by atoms with van der Waals surface area (Å²) < 4.78 is 10.3. The molecule has 1 heterocycles. The molecule has 1 aromatic rings. The number of rotatable bonds is 5. The van der Waals surface area contributed by atoms with E-state index in [1.165, 1.54) is 5.56 Å². The number of aliphatic imine (C=N–C) groups is 1. The summed E-state index contributed by atoms with van der Waals surface area (Å²) >= 11 is 0. The van der Waals surface area contributed by atoms with E-state index in [4.69, 9.17) is 9.47 Å². The van der Waals surface area contributed by atoms with Crippen molar-refractivity contribution in [3.63, 3.8) is 0 Å². The molecule has 1 atom stereocenters. The predicted octanol–water partition coefficient (Wildman–Crippen LogP) is 2.17. The molecule has 104 valence electrons. The van der Waals surface area contributed by atoms with Crippen molar-refractivity contribution >= 4 is 5.84 Å². The Labute approximate surface area is 114 Å². The first kappa shape index (κ1) is 14.0. The van der Waals surface area contributed by atoms with Gasteiger partial charge in [-0.05, 0) is 12.0 Å². The summed E-state index contributed by atoms with van der Waals surface area (Å²) in [5, 5.41) is 3.30. The first-order valence-electron chi connectivity index (χ1n) is 6.71. The number of ether oxygens (including phenoxy) is 2. The fourth-order valence-electron chi connectivity index (χ4n) is 2.31. The van der Waals surface area contributed by atoms with Crippen LogP contribution in [0.25, 0.3) is 0 Å². The molecule has 1 aromatic carbocycles. The van der Waals surface area contributed by atoms with Gasteiger partial charge in [-0.15, -0.1) is 0 Å². The largest absolute Gasteiger partial charge is 0.369 e. The molecule has 4 heteroatoms. The van der Waals surface area contributed by atoms with Crippen molar-refractivity contribution < 1.29 is 9.47 Å². The van der Waals surface area contributed by atoms with Gasteiger partial charge in [0.05, 0.1) is 12.4 Å². The summed E-state index contributed by atoms with van der Waals surface area (Å²) in [7, 11) is 3.29. The van der Waals surface area contributed by atoms with E-state index in [9.17, 15) is 0 Å². The third kappa shape index (κ3) is 4.04. The number of methoxy groups -OCH3 is 2. The summed E-state index contributed by atoms with van der Waals surface area (Å²) in [5.74, 6) is 1.61. The molecule has 0 bridgehead atoms. The van der Waals surface area contributed by atoms with E-state index in [1.807, 2.05) is 0 Å². The van der Waals surface area contributed by atoms with Crippen molar-refractivity contribution in [2.45, 2.75) is 25.0 Å². The number of benzene rings is 1. The van der Waals surface area contributed by atoms with Gasteiger partial charge in [0.1, 0.15) is 0 Å². The van der Waals surface area contributed by atoms with Gasteiger partial charge in [-0.1, -0.05) is 30.3 Å². The maximum absolute atomic E-state index is 5.14. The maximum Gasteiger partial charge on any atom is 0.173 e. The summed E-state index contributed by atoms with van der Waals surface area (Å²) in [4.78, 5) is 4.62. The first-order valence-corrected chi connectivity index (χ1v) is 6.71. The van der Waals surface area contributed by atoms with E-state index in [1.54, 1.807) is 14.2 Å². The number of hydrogen-bond donors (Lipinski definition) is 1. The van der Waals surface area contributed by atoms with Crippen LogP contribution in [0.5, 0.6) is 0 Å². The van der Waals surface area contributed by atoms with Crippen molar-refractivity contribution in [3.8, 4) is 0 Å². The van der Waals surface area contributed by atoms with Crippen LogP contribution < -0.4 is 5.32 Å². The van der Waals surface area contributed by atoms with Crippen LogP contribution in [0.15, 0.2) is 35.3 Å². The molecule has 1 N–H and O–H groups in total. The third-order valence-corrected chi connectivity index (χ3v) is 3.50. The zero-order valence-electron chi connectivity index (χ0n) is 11.6. The number of hydrogen-bond acceptors (Lipinski definition) is 4. The number of amidine groups is 1. The summed E-state index contributed by atoms with van der Waals surface area (Å²) in [5.41, 5.74) is 1.39. The topological polar surface area (TPSA) is 42.8 Å². The number of nitrogens with zero attached hydrogens (tertiary/aromatic N) is 1. The molecule has 0 amide bonds. The minimum absolute atomic E-state index is 0.213. The first-order chi connectivity index (χ1) is 9.33. The summed E-state index contributed by atoms with van der Waals surface area (Å²) in [6, 6.07) is 10.6. The van der Waals surface area contributed by atoms with E-state index < -0.39 is 0 Å². The van der Waals surface area contributed by atoms with Crippen LogP contribution in [-0.4, -0.2) is 39.4 Å². The molecule has 0 aliphatic carbocycles. The molecule has 1 aliphatic heterocycles. The Morgan fingerprint density at radius 2 is 2.00 bits per heavy atom. The average Bonchev–Trinajstić information content (AvgIpc) is 2.50. The Hall–Kier alpha value is -1.39. The zero-order chi connectivity index (χ0) is 13.5. The quantitative estimate of drug-likeness (QED) is 0.827. The van der Waals surface area contributed by atoms with E-state index >= 15 is 0 Å². The van der Waals surface area contributed by atoms with Crippen molar-refractivity contribution in [1.82, 2.24) is 5.32 Å². The average molecular weight is 262 g/mol. The highest BCUT2D eigenvalue weighted by Gasteiger charge is 2.17. The van der Waals surface area contributed by atoms with Gasteiger partial charge in [0, 0.05) is 33.1 Å². The molecule has 0 aromatic heterocycles. The van der Waals surface area contributed by atoms with Crippen LogP contribution in [0, 0.1) is 0 Å². The zero-order valence-corrected chi connectivity index (χ0v) is 11.6. The molecule has 0 saturated heterocycles. The van der Waals surface area contributed by atoms with Crippen LogP contribution >= 0.6 is 0 Å². The van der Waals surface area contributed by atoms with Crippen molar-refractivity contribution in [2.24, 2.45) is 4.99 Å². The van der Waals surface area contributed by atoms with Gasteiger partial charge in [0.25, 0.3) is 0 Å². The van der Waals surface area contributed by atoms with Gasteiger partial charge in [-0.3, -0.25) is 4.99 Å². The van der Waals surface area contributed by atoms with Crippen molar-refractivity contribution in [1.29, 1.82) is 0 Å². The molecular weight excluding hydrogens is 240 g/mol. The van der Waals surface area contributed by atoms with Crippen molar-refractivity contribution in [3.05, 3.63) is 35.9 Å². The minimum atomic E-state index is -0.213. The van der Waals surface area contributed by atoms with Gasteiger partial charge in [0.2, 0.25) is 0 Å². The molecule has 0 saturated carbocycles. The minimum Gasteiger partial charge on any atom is -0.369 e. The highest BCUT2D eigenvalue weighted by Crippen LogP contribution is 2.24. The fourth-order valence-corrected chi connectivity index (χ4v) is 2.31. The lowest BCUT2D eigenvalue weighted by Crippen LogP contribution is -2.36. The lowest BCUT2D eigenvalue weighted by atomic mass is 9.92. The van der Waals surface area contributed by atoms with Gasteiger partial charge in [-0.2, -0.15) is 0 Å². The second-order valence-electron chi connectivity index (χ2n) is 4.72. The molecule has 0 radical (unpaired) electrons. The van der Waals surface area contributed by atoms with Crippen molar-refractivity contribution in [2.75, 3.05) is 27.3 Å². The normalized spacial score (nSPS) is 19.3. The van der Waals surface area contributed by atoms with Crippen LogP contribution in [0.3, 0.4) is 0 Å². The molecule has 4 nitrogen and oxygen atoms in total. The van der Waals surface area contributed by atoms with Gasteiger partial charge in [-0.25, -0.2) is 0 Å². The molecule has 2 rings (SSSR count). The lowest BCUT2D eigenvalue weighted by Gasteiger charge is -2.23. The van der Waals surface area contributed by atoms with Gasteiger partial charge >= 0.3 is 0 Å². The van der Waals surface area contributed by atoms with E-state index in [0.717, 1.165) is 25.2 Å². The van der Waals surface area contributed by atoms with Crippen LogP contribution in [0.2, 0.25) is 0 Å². The maximum atomic E-state index is 5.14. The molecule has 19 heavy (non-hydrogen) atoms. The Bertz CT molecular complexity index is 402. The second kappa shape index (κ2) is 7.26. The smallest absolute Gasteiger partial charge is 0.173 e. The molecule has 1 unspecified atom stereocenters. The van der Waals surface area contributed by atoms with Gasteiger partial charge < -0.3 is 14.8 Å². The monoisotopic (exact) mass is 262 g/mol. The Kier molecular flexibility index (Phi) is 5.36. The Morgan fingerprint density at radius 1 is 1.26 bits per heavy atom. The van der Waals surface area contributed by atoms with Crippen LogP contribution in [0.1, 0.15) is 24.3 Å². The Morgan fingerprint density at radius 3 is 2.58 bits per heavy atom. The van der Waals surface area contributed by atoms with E-state index in [-0.39, 0.29) is 6.29 Å². The molecule has 1 aliphatic rings. The summed E-state index contributed by atoms with van der Waals surface area (Å²) in [6.07, 6.45) is 1.91. The number of nitrogens with one attached hydrogen (secondary N) is 1. The molecule has 0 fully saturated rings. The third-order valence-electron chi connectivity index (χ3n) is 3.50. The lowest BCUT2D eigenvalue weighted by molar-refractivity contribution is -0.0966. The predicted molar refractivity (Wildman–Crippen MR) is 76.5 cm³/mol. The van der Waals surface area contributed by atoms with E-state index in [0.29, 0.717) is 12.5 Å². The summed E-state index contributed by atoms with van der Waals surface area (Å²) in [6.45, 7) is 1.50. The highest BCUT2D eigenvalue weighted by molar-refractivity contribution is 5.82. The SMILES string of the molecule is COC(CNC1=NCC(c2ccccc2)CC1)OC. The fraction of sp³-hybridized carbons (Fsp3) is 0.533. The van der Waals surface area contributed by atoms with Crippen LogP contribution in [0.4, 0.5) is 0 Å². The van der Waals surface area contributed by atoms with E-state index in [2.05, 4.69) is 40.6 Å². The standard InChI is InChI=1S/C15H22N2O2/c1-18-15(19-2)11-17-14-9-8-13(10-16-14)12-6-4-3-5-7-12/h3-7,13,15H,8-11H2,1-2H3,(H,16,17). The molecule has 0 spiro atoms. The van der Waals surface area contributed by atoms with Gasteiger partial charge in [0.15, 0.2) is 6.29 Å². The molecular formula is C15H22N2O2. The Balaban J connectivity index is 1.83. The van der Waals surface area contributed by atoms with Crippen LogP contribution in [-0.2, 0) is 9.47 Å². The second-order valence-corrected chi connectivity index (χ2v) is 4.72. The highest BCUT2D eigenvalue weighted by atomic mass is 16.7.